The minimum atomic E-state index is -0.340. The van der Waals surface area contributed by atoms with Crippen molar-refractivity contribution in [1.82, 2.24) is 4.40 Å². The summed E-state index contributed by atoms with van der Waals surface area (Å²) < 4.78 is 29.0. The number of fused-ring (bicyclic) bond motifs is 1. The summed E-state index contributed by atoms with van der Waals surface area (Å²) in [7, 11) is 0. The molecule has 0 spiro atoms. The third-order valence-electron chi connectivity index (χ3n) is 5.37. The van der Waals surface area contributed by atoms with Crippen LogP contribution in [0.1, 0.15) is 0 Å². The number of pyridine rings is 2. The minimum absolute atomic E-state index is 0.163. The largest absolute Gasteiger partial charge is 0.283 e. The van der Waals surface area contributed by atoms with Crippen LogP contribution in [0.15, 0.2) is 108 Å². The molecule has 5 rings (SSSR count). The summed E-state index contributed by atoms with van der Waals surface area (Å²) in [5.41, 5.74) is 5.48. The molecule has 0 aliphatic rings. The lowest BCUT2D eigenvalue weighted by atomic mass is 9.88. The Balaban J connectivity index is 1.99. The van der Waals surface area contributed by atoms with Crippen LogP contribution in [0.5, 0.6) is 0 Å². The first-order valence-corrected chi connectivity index (χ1v) is 9.87. The zero-order valence-corrected chi connectivity index (χ0v) is 16.4. The molecule has 2 aromatic heterocycles. The molecule has 3 aromatic carbocycles. The van der Waals surface area contributed by atoms with E-state index >= 15 is 0 Å². The summed E-state index contributed by atoms with van der Waals surface area (Å²) in [6.07, 6.45) is 1.82. The lowest BCUT2D eigenvalue weighted by Gasteiger charge is -2.19. The molecule has 0 fully saturated rings. The number of rotatable bonds is 3. The van der Waals surface area contributed by atoms with E-state index in [0.29, 0.717) is 5.52 Å². The fourth-order valence-electron chi connectivity index (χ4n) is 3.96. The van der Waals surface area contributed by atoms with Crippen LogP contribution in [0.4, 0.5) is 8.78 Å². The van der Waals surface area contributed by atoms with Crippen molar-refractivity contribution >= 4 is 5.52 Å². The normalized spacial score (nSPS) is 11.0. The molecule has 0 amide bonds. The van der Waals surface area contributed by atoms with E-state index in [0.717, 1.165) is 33.4 Å². The predicted octanol–water partition coefficient (Wildman–Crippen LogP) is 6.58. The topological polar surface area (TPSA) is 21.5 Å². The van der Waals surface area contributed by atoms with Crippen molar-refractivity contribution in [2.45, 2.75) is 0 Å². The zero-order chi connectivity index (χ0) is 21.4. The molecule has 0 N–H and O–H groups in total. The van der Waals surface area contributed by atoms with Crippen molar-refractivity contribution in [2.24, 2.45) is 0 Å². The number of nitrogens with zero attached hydrogens (tertiary/aromatic N) is 1. The van der Waals surface area contributed by atoms with Crippen molar-refractivity contribution in [1.29, 1.82) is 0 Å². The van der Waals surface area contributed by atoms with Crippen LogP contribution in [0.2, 0.25) is 0 Å². The van der Waals surface area contributed by atoms with Gasteiger partial charge in [0.1, 0.15) is 11.6 Å². The molecule has 0 aliphatic carbocycles. The van der Waals surface area contributed by atoms with Gasteiger partial charge in [0.05, 0.1) is 5.52 Å². The van der Waals surface area contributed by atoms with Crippen LogP contribution in [0.25, 0.3) is 38.9 Å². The molecule has 0 aliphatic heterocycles. The summed E-state index contributed by atoms with van der Waals surface area (Å²) in [5.74, 6) is -0.668. The molecule has 2 nitrogen and oxygen atoms in total. The fourth-order valence-corrected chi connectivity index (χ4v) is 3.96. The van der Waals surface area contributed by atoms with Gasteiger partial charge in [-0.25, -0.2) is 8.78 Å². The Kier molecular flexibility index (Phi) is 4.68. The molecule has 0 saturated carbocycles. The maximum atomic E-state index is 13.7. The van der Waals surface area contributed by atoms with Crippen LogP contribution in [-0.2, 0) is 0 Å². The number of benzene rings is 3. The van der Waals surface area contributed by atoms with Gasteiger partial charge in [0.15, 0.2) is 0 Å². The minimum Gasteiger partial charge on any atom is -0.283 e. The van der Waals surface area contributed by atoms with Gasteiger partial charge < -0.3 is 0 Å². The quantitative estimate of drug-likeness (QED) is 0.330. The molecule has 0 radical (unpaired) electrons. The molecular formula is C27H17F2NO. The second-order valence-corrected chi connectivity index (χ2v) is 7.29. The van der Waals surface area contributed by atoms with Crippen LogP contribution in [0, 0.1) is 11.6 Å². The summed E-state index contributed by atoms with van der Waals surface area (Å²) in [6.45, 7) is 0. The van der Waals surface area contributed by atoms with Gasteiger partial charge in [0, 0.05) is 29.0 Å². The molecule has 0 saturated heterocycles. The van der Waals surface area contributed by atoms with Crippen molar-refractivity contribution in [2.75, 3.05) is 0 Å². The number of halogens is 2. The van der Waals surface area contributed by atoms with Gasteiger partial charge in [0.2, 0.25) is 0 Å². The molecule has 0 atom stereocenters. The van der Waals surface area contributed by atoms with Gasteiger partial charge >= 0.3 is 0 Å². The molecule has 150 valence electrons. The Hall–Kier alpha value is -4.05. The highest BCUT2D eigenvalue weighted by molar-refractivity contribution is 6.00. The first kappa shape index (κ1) is 18.9. The lowest BCUT2D eigenvalue weighted by Crippen LogP contribution is -2.13. The second-order valence-electron chi connectivity index (χ2n) is 7.29. The van der Waals surface area contributed by atoms with Crippen LogP contribution >= 0.6 is 0 Å². The third kappa shape index (κ3) is 3.42. The monoisotopic (exact) mass is 409 g/mol. The van der Waals surface area contributed by atoms with Crippen molar-refractivity contribution in [3.05, 3.63) is 125 Å². The average Bonchev–Trinajstić information content (AvgIpc) is 2.80. The standard InChI is InChI=1S/C27H17F2NO/c28-21-13-9-19(10-14-21)26-23(18-5-2-1-3-6-18)17-30-24(7-4-8-25(30)31)27(26)20-11-15-22(29)16-12-20/h1-17H. The van der Waals surface area contributed by atoms with Crippen molar-refractivity contribution < 1.29 is 8.78 Å². The SMILES string of the molecule is O=c1cccc2c(-c3ccc(F)cc3)c(-c3ccc(F)cc3)c(-c3ccccc3)cn12. The number of hydrogen-bond donors (Lipinski definition) is 0. The summed E-state index contributed by atoms with van der Waals surface area (Å²) in [4.78, 5) is 12.7. The van der Waals surface area contributed by atoms with Crippen LogP contribution < -0.4 is 5.56 Å². The molecule has 2 heterocycles. The Morgan fingerprint density at radius 3 is 1.74 bits per heavy atom. The zero-order valence-electron chi connectivity index (χ0n) is 16.4. The first-order valence-electron chi connectivity index (χ1n) is 9.87. The summed E-state index contributed by atoms with van der Waals surface area (Å²) in [6, 6.07) is 27.3. The van der Waals surface area contributed by atoms with Gasteiger partial charge in [-0.2, -0.15) is 0 Å². The maximum absolute atomic E-state index is 13.7. The van der Waals surface area contributed by atoms with Gasteiger partial charge in [0.25, 0.3) is 5.56 Å². The van der Waals surface area contributed by atoms with E-state index in [9.17, 15) is 13.6 Å². The highest BCUT2D eigenvalue weighted by Gasteiger charge is 2.19. The highest BCUT2D eigenvalue weighted by atomic mass is 19.1. The first-order chi connectivity index (χ1) is 15.1. The number of hydrogen-bond acceptors (Lipinski definition) is 1. The van der Waals surface area contributed by atoms with Crippen LogP contribution in [0.3, 0.4) is 0 Å². The second kappa shape index (κ2) is 7.65. The molecule has 31 heavy (non-hydrogen) atoms. The van der Waals surface area contributed by atoms with Crippen molar-refractivity contribution in [3.8, 4) is 33.4 Å². The molecule has 4 heteroatoms. The average molecular weight is 409 g/mol. The molecule has 5 aromatic rings. The Morgan fingerprint density at radius 2 is 1.13 bits per heavy atom. The van der Waals surface area contributed by atoms with Gasteiger partial charge in [-0.15, -0.1) is 0 Å². The molecular weight excluding hydrogens is 392 g/mol. The Bertz CT molecular complexity index is 1440. The lowest BCUT2D eigenvalue weighted by molar-refractivity contribution is 0.627. The van der Waals surface area contributed by atoms with E-state index in [4.69, 9.17) is 0 Å². The third-order valence-corrected chi connectivity index (χ3v) is 5.37. The van der Waals surface area contributed by atoms with Crippen LogP contribution in [-0.4, -0.2) is 4.40 Å². The predicted molar refractivity (Wildman–Crippen MR) is 120 cm³/mol. The smallest absolute Gasteiger partial charge is 0.255 e. The summed E-state index contributed by atoms with van der Waals surface area (Å²) in [5, 5.41) is 0. The maximum Gasteiger partial charge on any atom is 0.255 e. The number of aromatic nitrogens is 1. The summed E-state index contributed by atoms with van der Waals surface area (Å²) >= 11 is 0. The van der Waals surface area contributed by atoms with Gasteiger partial charge in [-0.3, -0.25) is 9.20 Å². The van der Waals surface area contributed by atoms with E-state index in [-0.39, 0.29) is 17.2 Å². The van der Waals surface area contributed by atoms with E-state index in [1.807, 2.05) is 42.6 Å². The van der Waals surface area contributed by atoms with Gasteiger partial charge in [-0.1, -0.05) is 60.7 Å². The van der Waals surface area contributed by atoms with E-state index < -0.39 is 0 Å². The van der Waals surface area contributed by atoms with E-state index in [2.05, 4.69) is 0 Å². The highest BCUT2D eigenvalue weighted by Crippen LogP contribution is 2.42. The fraction of sp³-hybridized carbons (Fsp3) is 0. The van der Waals surface area contributed by atoms with Crippen molar-refractivity contribution in [3.63, 3.8) is 0 Å². The molecule has 0 unspecified atom stereocenters. The van der Waals surface area contributed by atoms with E-state index in [1.165, 1.54) is 30.3 Å². The Labute approximate surface area is 177 Å². The Morgan fingerprint density at radius 1 is 0.548 bits per heavy atom. The molecule has 0 bridgehead atoms. The van der Waals surface area contributed by atoms with Gasteiger partial charge in [-0.05, 0) is 47.0 Å². The van der Waals surface area contributed by atoms with E-state index in [1.54, 1.807) is 34.7 Å².